The Hall–Kier alpha value is -2.64. The number of benzene rings is 1. The Labute approximate surface area is 166 Å². The van der Waals surface area contributed by atoms with E-state index in [2.05, 4.69) is 15.6 Å². The van der Waals surface area contributed by atoms with Gasteiger partial charge in [-0.3, -0.25) is 14.6 Å². The van der Waals surface area contributed by atoms with E-state index in [1.165, 1.54) is 12.4 Å². The van der Waals surface area contributed by atoms with Crippen molar-refractivity contribution in [3.05, 3.63) is 57.8 Å². The van der Waals surface area contributed by atoms with Crippen molar-refractivity contribution in [1.29, 1.82) is 0 Å². The van der Waals surface area contributed by atoms with Gasteiger partial charge in [0, 0.05) is 24.5 Å². The monoisotopic (exact) mass is 409 g/mol. The number of halogens is 2. The normalized spacial score (nSPS) is 11.4. The van der Waals surface area contributed by atoms with E-state index >= 15 is 0 Å². The van der Waals surface area contributed by atoms with Crippen molar-refractivity contribution in [2.75, 3.05) is 11.9 Å². The van der Waals surface area contributed by atoms with Crippen LogP contribution in [0.1, 0.15) is 22.8 Å². The van der Waals surface area contributed by atoms with E-state index < -0.39 is 17.9 Å². The van der Waals surface area contributed by atoms with Crippen molar-refractivity contribution >= 4 is 47.2 Å². The average molecular weight is 410 g/mol. The first-order valence-corrected chi connectivity index (χ1v) is 8.77. The predicted octanol–water partition coefficient (Wildman–Crippen LogP) is 2.86. The minimum atomic E-state index is -0.780. The summed E-state index contributed by atoms with van der Waals surface area (Å²) in [6.45, 7) is 1.91. The third kappa shape index (κ3) is 5.67. The average Bonchev–Trinajstić information content (AvgIpc) is 2.63. The van der Waals surface area contributed by atoms with Crippen LogP contribution in [0.2, 0.25) is 10.0 Å². The van der Waals surface area contributed by atoms with Crippen LogP contribution in [0.25, 0.3) is 0 Å². The van der Waals surface area contributed by atoms with Gasteiger partial charge in [0.2, 0.25) is 6.41 Å². The van der Waals surface area contributed by atoms with Gasteiger partial charge < -0.3 is 15.4 Å². The second kappa shape index (κ2) is 9.89. The summed E-state index contributed by atoms with van der Waals surface area (Å²) in [7, 11) is 0. The van der Waals surface area contributed by atoms with Gasteiger partial charge in [0.05, 0.1) is 22.2 Å². The smallest absolute Gasteiger partial charge is 0.328 e. The Balaban J connectivity index is 2.07. The fraction of sp³-hybridized carbons (Fsp3) is 0.222. The summed E-state index contributed by atoms with van der Waals surface area (Å²) in [4.78, 5) is 38.7. The van der Waals surface area contributed by atoms with E-state index in [1.54, 1.807) is 31.2 Å². The molecule has 0 radical (unpaired) electrons. The predicted molar refractivity (Wildman–Crippen MR) is 102 cm³/mol. The molecule has 1 atom stereocenters. The van der Waals surface area contributed by atoms with Crippen LogP contribution in [-0.4, -0.2) is 35.9 Å². The van der Waals surface area contributed by atoms with Crippen molar-refractivity contribution < 1.29 is 19.1 Å². The third-order valence-electron chi connectivity index (χ3n) is 3.57. The van der Waals surface area contributed by atoms with E-state index in [0.29, 0.717) is 12.1 Å². The maximum absolute atomic E-state index is 12.3. The molecule has 0 aliphatic heterocycles. The molecule has 7 nitrogen and oxygen atoms in total. The highest BCUT2D eigenvalue weighted by atomic mass is 35.5. The van der Waals surface area contributed by atoms with Gasteiger partial charge in [-0.2, -0.15) is 0 Å². The molecule has 0 saturated heterocycles. The first-order chi connectivity index (χ1) is 13.0. The number of hydrogen-bond acceptors (Lipinski definition) is 5. The van der Waals surface area contributed by atoms with Crippen LogP contribution in [0.15, 0.2) is 36.7 Å². The minimum absolute atomic E-state index is 0.134. The molecule has 0 unspecified atom stereocenters. The second-order valence-corrected chi connectivity index (χ2v) is 6.24. The zero-order chi connectivity index (χ0) is 19.8. The summed E-state index contributed by atoms with van der Waals surface area (Å²) in [6.07, 6.45) is 3.38. The van der Waals surface area contributed by atoms with E-state index in [9.17, 15) is 14.4 Å². The fourth-order valence-corrected chi connectivity index (χ4v) is 2.85. The van der Waals surface area contributed by atoms with Gasteiger partial charge >= 0.3 is 5.97 Å². The molecule has 2 N–H and O–H groups in total. The number of nitrogens with one attached hydrogen (secondary N) is 2. The molecule has 2 rings (SSSR count). The molecule has 2 aromatic rings. The van der Waals surface area contributed by atoms with Gasteiger partial charge in [-0.1, -0.05) is 35.3 Å². The lowest BCUT2D eigenvalue weighted by Gasteiger charge is -2.15. The number of carbonyl (C=O) groups is 3. The van der Waals surface area contributed by atoms with E-state index in [1.807, 2.05) is 0 Å². The van der Waals surface area contributed by atoms with Crippen LogP contribution in [0.5, 0.6) is 0 Å². The summed E-state index contributed by atoms with van der Waals surface area (Å²) >= 11 is 11.9. The van der Waals surface area contributed by atoms with Crippen molar-refractivity contribution in [3.8, 4) is 0 Å². The molecule has 0 fully saturated rings. The number of pyridine rings is 1. The van der Waals surface area contributed by atoms with Crippen LogP contribution in [0.3, 0.4) is 0 Å². The Morgan fingerprint density at radius 1 is 1.19 bits per heavy atom. The van der Waals surface area contributed by atoms with Crippen LogP contribution in [0.4, 0.5) is 5.69 Å². The molecule has 142 valence electrons. The fourth-order valence-electron chi connectivity index (χ4n) is 2.32. The zero-order valence-corrected chi connectivity index (χ0v) is 15.9. The van der Waals surface area contributed by atoms with E-state index in [-0.39, 0.29) is 28.6 Å². The molecule has 0 spiro atoms. The number of amides is 2. The zero-order valence-electron chi connectivity index (χ0n) is 14.4. The molecule has 2 amide bonds. The summed E-state index contributed by atoms with van der Waals surface area (Å²) in [5, 5.41) is 5.42. The molecule has 27 heavy (non-hydrogen) atoms. The molecular weight excluding hydrogens is 393 g/mol. The minimum Gasteiger partial charge on any atom is -0.464 e. The van der Waals surface area contributed by atoms with Crippen LogP contribution in [-0.2, 0) is 20.7 Å². The van der Waals surface area contributed by atoms with E-state index in [4.69, 9.17) is 27.9 Å². The lowest BCUT2D eigenvalue weighted by atomic mass is 10.1. The maximum Gasteiger partial charge on any atom is 0.328 e. The largest absolute Gasteiger partial charge is 0.464 e. The Bertz CT molecular complexity index is 808. The molecule has 1 aromatic heterocycles. The van der Waals surface area contributed by atoms with Crippen molar-refractivity contribution in [2.45, 2.75) is 19.4 Å². The second-order valence-electron chi connectivity index (χ2n) is 5.42. The quantitative estimate of drug-likeness (QED) is 0.515. The lowest BCUT2D eigenvalue weighted by molar-refractivity contribution is -0.146. The molecular formula is C18H17Cl2N3O4. The van der Waals surface area contributed by atoms with Crippen molar-refractivity contribution in [3.63, 3.8) is 0 Å². The number of nitrogens with zero attached hydrogens (tertiary/aromatic N) is 1. The van der Waals surface area contributed by atoms with Crippen LogP contribution in [0, 0.1) is 0 Å². The number of ether oxygens (including phenoxy) is 1. The molecule has 1 aromatic carbocycles. The first-order valence-electron chi connectivity index (χ1n) is 8.01. The Morgan fingerprint density at radius 2 is 1.81 bits per heavy atom. The Morgan fingerprint density at radius 3 is 2.37 bits per heavy atom. The van der Waals surface area contributed by atoms with E-state index in [0.717, 1.165) is 5.56 Å². The van der Waals surface area contributed by atoms with Gasteiger partial charge in [-0.25, -0.2) is 4.79 Å². The Kier molecular flexibility index (Phi) is 7.57. The summed E-state index contributed by atoms with van der Waals surface area (Å²) < 4.78 is 4.93. The third-order valence-corrected chi connectivity index (χ3v) is 4.15. The highest BCUT2D eigenvalue weighted by molar-refractivity contribution is 6.40. The summed E-state index contributed by atoms with van der Waals surface area (Å²) in [5.74, 6) is -0.976. The molecule has 0 aliphatic carbocycles. The number of esters is 1. The van der Waals surface area contributed by atoms with Gasteiger partial charge in [0.25, 0.3) is 5.91 Å². The summed E-state index contributed by atoms with van der Waals surface area (Å²) in [6, 6.07) is 6.00. The number of aromatic nitrogens is 1. The first kappa shape index (κ1) is 20.7. The van der Waals surface area contributed by atoms with Crippen molar-refractivity contribution in [2.24, 2.45) is 0 Å². The molecule has 9 heteroatoms. The molecule has 0 saturated carbocycles. The summed E-state index contributed by atoms with van der Waals surface area (Å²) in [5.41, 5.74) is 1.43. The molecule has 0 aliphatic rings. The molecule has 0 bridgehead atoms. The standard InChI is InChI=1S/C18H17Cl2N3O4/c1-2-27-18(26)15(22-10-24)7-11-3-5-12(6-4-11)23-17(25)16-13(19)8-21-9-14(16)20/h3-6,8-10,15H,2,7H2,1H3,(H,22,24)(H,23,25)/t15-/m0/s1. The number of anilines is 1. The lowest BCUT2D eigenvalue weighted by Crippen LogP contribution is -2.39. The van der Waals surface area contributed by atoms with Crippen molar-refractivity contribution in [1.82, 2.24) is 10.3 Å². The number of rotatable bonds is 8. The maximum atomic E-state index is 12.3. The number of hydrogen-bond donors (Lipinski definition) is 2. The number of carbonyl (C=O) groups excluding carboxylic acids is 3. The topological polar surface area (TPSA) is 97.4 Å². The van der Waals surface area contributed by atoms with Gasteiger partial charge in [-0.05, 0) is 24.6 Å². The van der Waals surface area contributed by atoms with Gasteiger partial charge in [0.15, 0.2) is 0 Å². The van der Waals surface area contributed by atoms with Crippen LogP contribution < -0.4 is 10.6 Å². The van der Waals surface area contributed by atoms with Crippen LogP contribution >= 0.6 is 23.2 Å². The highest BCUT2D eigenvalue weighted by Gasteiger charge is 2.19. The molecule has 1 heterocycles. The highest BCUT2D eigenvalue weighted by Crippen LogP contribution is 2.24. The van der Waals surface area contributed by atoms with Gasteiger partial charge in [-0.15, -0.1) is 0 Å². The SMILES string of the molecule is CCOC(=O)[C@H](Cc1ccc(NC(=O)c2c(Cl)cncc2Cl)cc1)NC=O. The van der Waals surface area contributed by atoms with Gasteiger partial charge in [0.1, 0.15) is 6.04 Å².